The number of aromatic nitrogens is 4. The van der Waals surface area contributed by atoms with E-state index in [9.17, 15) is 14.4 Å². The molecule has 0 unspecified atom stereocenters. The number of nitrogens with zero attached hydrogens (tertiary/aromatic N) is 3. The number of methoxy groups -OCH3 is 2. The zero-order chi connectivity index (χ0) is 25.4. The van der Waals surface area contributed by atoms with Crippen LogP contribution in [0.15, 0.2) is 27.8 Å². The molecule has 1 amide bonds. The summed E-state index contributed by atoms with van der Waals surface area (Å²) >= 11 is 0. The molecule has 1 aromatic carbocycles. The minimum atomic E-state index is -0.452. The average molecular weight is 486 g/mol. The van der Waals surface area contributed by atoms with E-state index in [1.165, 1.54) is 11.7 Å². The van der Waals surface area contributed by atoms with E-state index in [0.29, 0.717) is 53.7 Å². The number of fused-ring (bicyclic) bond motifs is 1. The molecule has 2 aromatic heterocycles. The van der Waals surface area contributed by atoms with E-state index in [1.54, 1.807) is 25.3 Å². The van der Waals surface area contributed by atoms with Gasteiger partial charge in [-0.1, -0.05) is 33.1 Å². The number of unbranched alkanes of at least 4 members (excludes halogenated alkanes) is 3. The summed E-state index contributed by atoms with van der Waals surface area (Å²) in [5, 5.41) is 2.87. The van der Waals surface area contributed by atoms with Gasteiger partial charge in [0.2, 0.25) is 5.91 Å². The maximum atomic E-state index is 12.8. The Kier molecular flexibility index (Phi) is 9.11. The first-order chi connectivity index (χ1) is 16.9. The van der Waals surface area contributed by atoms with Crippen molar-refractivity contribution >= 4 is 22.8 Å². The number of ether oxygens (including phenoxy) is 2. The normalized spacial score (nSPS) is 11.1. The van der Waals surface area contributed by atoms with E-state index in [-0.39, 0.29) is 12.3 Å². The third-order valence-corrected chi connectivity index (χ3v) is 5.93. The van der Waals surface area contributed by atoms with Crippen molar-refractivity contribution in [3.8, 4) is 11.5 Å². The van der Waals surface area contributed by atoms with Crippen LogP contribution in [0, 0.1) is 0 Å². The van der Waals surface area contributed by atoms with Crippen LogP contribution < -0.4 is 26.0 Å². The minimum absolute atomic E-state index is 0.169. The maximum absolute atomic E-state index is 12.8. The molecule has 0 bridgehead atoms. The molecule has 190 valence electrons. The number of carbonyl (C=O) groups is 1. The van der Waals surface area contributed by atoms with E-state index in [1.807, 2.05) is 11.5 Å². The first kappa shape index (κ1) is 26.1. The van der Waals surface area contributed by atoms with Gasteiger partial charge in [0, 0.05) is 37.7 Å². The number of hydrogen-bond donors (Lipinski definition) is 2. The Bertz CT molecular complexity index is 1270. The van der Waals surface area contributed by atoms with Crippen LogP contribution in [0.5, 0.6) is 11.5 Å². The Morgan fingerprint density at radius 2 is 1.71 bits per heavy atom. The number of aryl methyl sites for hydroxylation is 3. The molecule has 0 radical (unpaired) electrons. The number of H-pyrrole nitrogens is 1. The molecule has 0 aliphatic rings. The van der Waals surface area contributed by atoms with E-state index in [4.69, 9.17) is 9.47 Å². The maximum Gasteiger partial charge on any atom is 0.330 e. The van der Waals surface area contributed by atoms with Gasteiger partial charge in [-0.05, 0) is 25.0 Å². The van der Waals surface area contributed by atoms with E-state index in [2.05, 4.69) is 22.2 Å². The van der Waals surface area contributed by atoms with Crippen molar-refractivity contribution in [3.63, 3.8) is 0 Å². The fourth-order valence-electron chi connectivity index (χ4n) is 4.06. The quantitative estimate of drug-likeness (QED) is 0.358. The van der Waals surface area contributed by atoms with Gasteiger partial charge in [0.1, 0.15) is 5.82 Å². The van der Waals surface area contributed by atoms with Gasteiger partial charge < -0.3 is 19.4 Å². The summed E-state index contributed by atoms with van der Waals surface area (Å²) in [6.07, 6.45) is 5.13. The highest BCUT2D eigenvalue weighted by Crippen LogP contribution is 2.29. The molecule has 0 aliphatic carbocycles. The standard InChI is InChI=1S/C25H35N5O5/c1-5-7-9-15-29-20(27-23-22(29)24(32)28-25(33)30(23)14-8-6-2)12-13-21(31)26-17-10-11-18(34-3)19(16-17)35-4/h10-11,16H,5-9,12-15H2,1-4H3,(H,26,31)(H,28,32,33). The largest absolute Gasteiger partial charge is 0.493 e. The van der Waals surface area contributed by atoms with Crippen LogP contribution in [-0.4, -0.2) is 39.2 Å². The Hall–Kier alpha value is -3.56. The minimum Gasteiger partial charge on any atom is -0.493 e. The van der Waals surface area contributed by atoms with E-state index >= 15 is 0 Å². The summed E-state index contributed by atoms with van der Waals surface area (Å²) in [6, 6.07) is 5.16. The number of aromatic amines is 1. The molecule has 0 aliphatic heterocycles. The van der Waals surface area contributed by atoms with Gasteiger partial charge in [0.05, 0.1) is 14.2 Å². The summed E-state index contributed by atoms with van der Waals surface area (Å²) in [6.45, 7) is 5.24. The van der Waals surface area contributed by atoms with Gasteiger partial charge in [-0.3, -0.25) is 19.1 Å². The number of carbonyl (C=O) groups excluding carboxylic acids is 1. The van der Waals surface area contributed by atoms with Crippen molar-refractivity contribution < 1.29 is 14.3 Å². The highest BCUT2D eigenvalue weighted by Gasteiger charge is 2.19. The van der Waals surface area contributed by atoms with Crippen molar-refractivity contribution in [3.05, 3.63) is 44.9 Å². The molecule has 0 atom stereocenters. The molecule has 3 rings (SSSR count). The molecule has 0 fully saturated rings. The van der Waals surface area contributed by atoms with Gasteiger partial charge in [-0.15, -0.1) is 0 Å². The Morgan fingerprint density at radius 1 is 1.00 bits per heavy atom. The number of hydrogen-bond acceptors (Lipinski definition) is 6. The van der Waals surface area contributed by atoms with Crippen LogP contribution in [0.2, 0.25) is 0 Å². The molecule has 2 heterocycles. The van der Waals surface area contributed by atoms with Crippen molar-refractivity contribution in [2.45, 2.75) is 71.9 Å². The average Bonchev–Trinajstić information content (AvgIpc) is 3.21. The fourth-order valence-corrected chi connectivity index (χ4v) is 4.06. The van der Waals surface area contributed by atoms with Crippen molar-refractivity contribution in [2.24, 2.45) is 0 Å². The van der Waals surface area contributed by atoms with Crippen LogP contribution in [0.4, 0.5) is 5.69 Å². The van der Waals surface area contributed by atoms with Crippen molar-refractivity contribution in [1.29, 1.82) is 0 Å². The van der Waals surface area contributed by atoms with Crippen LogP contribution in [0.1, 0.15) is 58.2 Å². The lowest BCUT2D eigenvalue weighted by atomic mass is 10.2. The second kappa shape index (κ2) is 12.2. The molecule has 2 N–H and O–H groups in total. The smallest absolute Gasteiger partial charge is 0.330 e. The highest BCUT2D eigenvalue weighted by molar-refractivity contribution is 5.91. The molecular weight excluding hydrogens is 450 g/mol. The molecular formula is C25H35N5O5. The lowest BCUT2D eigenvalue weighted by molar-refractivity contribution is -0.116. The Morgan fingerprint density at radius 3 is 2.40 bits per heavy atom. The number of amides is 1. The second-order valence-corrected chi connectivity index (χ2v) is 8.44. The van der Waals surface area contributed by atoms with Crippen molar-refractivity contribution in [1.82, 2.24) is 19.1 Å². The lowest BCUT2D eigenvalue weighted by Gasteiger charge is -2.11. The SMILES string of the molecule is CCCCCn1c(CCC(=O)Nc2ccc(OC)c(OC)c2)nc2c1c(=O)[nH]c(=O)n2CCCC. The highest BCUT2D eigenvalue weighted by atomic mass is 16.5. The number of imidazole rings is 1. The summed E-state index contributed by atoms with van der Waals surface area (Å²) in [5.74, 6) is 1.53. The third kappa shape index (κ3) is 6.12. The number of anilines is 1. The Labute approximate surface area is 204 Å². The first-order valence-corrected chi connectivity index (χ1v) is 12.2. The molecule has 35 heavy (non-hydrogen) atoms. The second-order valence-electron chi connectivity index (χ2n) is 8.44. The Balaban J connectivity index is 1.87. The summed E-state index contributed by atoms with van der Waals surface area (Å²) in [5.41, 5.74) is 0.481. The predicted octanol–water partition coefficient (Wildman–Crippen LogP) is 3.47. The zero-order valence-electron chi connectivity index (χ0n) is 21.0. The topological polar surface area (TPSA) is 120 Å². The molecule has 3 aromatic rings. The number of nitrogens with one attached hydrogen (secondary N) is 2. The first-order valence-electron chi connectivity index (χ1n) is 12.2. The van der Waals surface area contributed by atoms with Gasteiger partial charge >= 0.3 is 5.69 Å². The zero-order valence-corrected chi connectivity index (χ0v) is 21.0. The molecule has 10 nitrogen and oxygen atoms in total. The van der Waals surface area contributed by atoms with Crippen LogP contribution in [0.3, 0.4) is 0 Å². The van der Waals surface area contributed by atoms with Crippen LogP contribution >= 0.6 is 0 Å². The van der Waals surface area contributed by atoms with Crippen molar-refractivity contribution in [2.75, 3.05) is 19.5 Å². The van der Waals surface area contributed by atoms with Gasteiger partial charge in [-0.2, -0.15) is 0 Å². The number of benzene rings is 1. The van der Waals surface area contributed by atoms with Crippen LogP contribution in [0.25, 0.3) is 11.2 Å². The monoisotopic (exact) mass is 485 g/mol. The molecule has 0 spiro atoms. The van der Waals surface area contributed by atoms with E-state index < -0.39 is 11.2 Å². The van der Waals surface area contributed by atoms with Gasteiger partial charge in [-0.25, -0.2) is 9.78 Å². The van der Waals surface area contributed by atoms with Crippen LogP contribution in [-0.2, 0) is 24.3 Å². The molecule has 10 heteroatoms. The summed E-state index contributed by atoms with van der Waals surface area (Å²) in [7, 11) is 3.09. The van der Waals surface area contributed by atoms with Gasteiger partial charge in [0.15, 0.2) is 22.7 Å². The summed E-state index contributed by atoms with van der Waals surface area (Å²) < 4.78 is 13.9. The summed E-state index contributed by atoms with van der Waals surface area (Å²) in [4.78, 5) is 45.1. The number of rotatable bonds is 13. The predicted molar refractivity (Wildman–Crippen MR) is 136 cm³/mol. The molecule has 0 saturated heterocycles. The molecule has 0 saturated carbocycles. The van der Waals surface area contributed by atoms with Gasteiger partial charge in [0.25, 0.3) is 5.56 Å². The van der Waals surface area contributed by atoms with E-state index in [0.717, 1.165) is 32.1 Å². The lowest BCUT2D eigenvalue weighted by Crippen LogP contribution is -2.31. The third-order valence-electron chi connectivity index (χ3n) is 5.93. The fraction of sp³-hybridized carbons (Fsp3) is 0.520.